The van der Waals surface area contributed by atoms with E-state index in [0.29, 0.717) is 0 Å². The van der Waals surface area contributed by atoms with Gasteiger partial charge in [0.15, 0.2) is 0 Å². The largest absolute Gasteiger partial charge is 0.336 e. The third-order valence-electron chi connectivity index (χ3n) is 7.40. The molecule has 0 saturated carbocycles. The van der Waals surface area contributed by atoms with Gasteiger partial charge in [0.25, 0.3) is 0 Å². The lowest BCUT2D eigenvalue weighted by Crippen LogP contribution is -2.44. The first-order valence-electron chi connectivity index (χ1n) is 11.4. The van der Waals surface area contributed by atoms with Crippen LogP contribution in [0.5, 0.6) is 0 Å². The number of para-hydroxylation sites is 4. The minimum atomic E-state index is -0.207. The van der Waals surface area contributed by atoms with Gasteiger partial charge in [-0.15, -0.1) is 0 Å². The molecule has 0 radical (unpaired) electrons. The number of hydrogen-bond donors (Lipinski definition) is 0. The number of nitrogens with zero attached hydrogens (tertiary/aromatic N) is 4. The van der Waals surface area contributed by atoms with E-state index in [2.05, 4.69) is 126 Å². The van der Waals surface area contributed by atoms with Gasteiger partial charge in [0.2, 0.25) is 5.95 Å². The molecule has 0 amide bonds. The molecule has 4 aromatic carbocycles. The zero-order valence-electron chi connectivity index (χ0n) is 18.9. The number of imidazole rings is 1. The Labute approximate surface area is 192 Å². The lowest BCUT2D eigenvalue weighted by Gasteiger charge is -2.42. The van der Waals surface area contributed by atoms with Gasteiger partial charge in [-0.25, -0.2) is 4.98 Å². The molecule has 4 heteroatoms. The van der Waals surface area contributed by atoms with Crippen LogP contribution in [0.2, 0.25) is 0 Å². The first-order chi connectivity index (χ1) is 16.1. The molecule has 0 atom stereocenters. The normalized spacial score (nSPS) is 14.7. The van der Waals surface area contributed by atoms with Crippen molar-refractivity contribution >= 4 is 38.8 Å². The maximum atomic E-state index is 4.97. The highest BCUT2D eigenvalue weighted by molar-refractivity contribution is 6.09. The molecule has 0 unspecified atom stereocenters. The van der Waals surface area contributed by atoms with Crippen LogP contribution in [0.4, 0.5) is 5.95 Å². The van der Waals surface area contributed by atoms with Crippen LogP contribution in [0.1, 0.15) is 19.4 Å². The number of rotatable bonds is 1. The minimum absolute atomic E-state index is 0.207. The topological polar surface area (TPSA) is 26.0 Å². The zero-order chi connectivity index (χ0) is 22.3. The van der Waals surface area contributed by atoms with Crippen LogP contribution in [0.15, 0.2) is 91.0 Å². The molecule has 0 saturated heterocycles. The van der Waals surface area contributed by atoms with Crippen LogP contribution in [0.3, 0.4) is 0 Å². The van der Waals surface area contributed by atoms with Crippen molar-refractivity contribution in [1.82, 2.24) is 14.1 Å². The Hall–Kier alpha value is -4.05. The molecule has 2 aromatic heterocycles. The molecule has 33 heavy (non-hydrogen) atoms. The fourth-order valence-corrected chi connectivity index (χ4v) is 5.46. The predicted molar refractivity (Wildman–Crippen MR) is 137 cm³/mol. The third kappa shape index (κ3) is 2.33. The van der Waals surface area contributed by atoms with Crippen molar-refractivity contribution in [3.05, 3.63) is 96.6 Å². The summed E-state index contributed by atoms with van der Waals surface area (Å²) in [5, 5.41) is 2.56. The monoisotopic (exact) mass is 428 g/mol. The summed E-state index contributed by atoms with van der Waals surface area (Å²) in [6, 6.07) is 32.6. The van der Waals surface area contributed by atoms with Crippen LogP contribution < -0.4 is 4.90 Å². The fourth-order valence-electron chi connectivity index (χ4n) is 5.46. The second-order valence-electron chi connectivity index (χ2n) is 9.43. The van der Waals surface area contributed by atoms with E-state index in [1.54, 1.807) is 0 Å². The number of fused-ring (bicyclic) bond motifs is 8. The van der Waals surface area contributed by atoms with Gasteiger partial charge in [0.1, 0.15) is 0 Å². The molecule has 160 valence electrons. The average molecular weight is 429 g/mol. The summed E-state index contributed by atoms with van der Waals surface area (Å²) in [4.78, 5) is 7.26. The molecule has 7 rings (SSSR count). The summed E-state index contributed by atoms with van der Waals surface area (Å²) in [6.07, 6.45) is 0. The predicted octanol–water partition coefficient (Wildman–Crippen LogP) is 6.81. The van der Waals surface area contributed by atoms with Crippen molar-refractivity contribution < 1.29 is 0 Å². The third-order valence-corrected chi connectivity index (χ3v) is 7.40. The van der Waals surface area contributed by atoms with Gasteiger partial charge in [-0.2, -0.15) is 0 Å². The highest BCUT2D eigenvalue weighted by atomic mass is 15.4. The lowest BCUT2D eigenvalue weighted by atomic mass is 9.89. The van der Waals surface area contributed by atoms with Gasteiger partial charge in [-0.3, -0.25) is 4.57 Å². The molecule has 1 aliphatic heterocycles. The van der Waals surface area contributed by atoms with Crippen LogP contribution in [0.25, 0.3) is 44.2 Å². The number of aromatic nitrogens is 3. The Morgan fingerprint density at radius 2 is 1.27 bits per heavy atom. The van der Waals surface area contributed by atoms with Gasteiger partial charge >= 0.3 is 0 Å². The molecule has 4 nitrogen and oxygen atoms in total. The van der Waals surface area contributed by atoms with Crippen molar-refractivity contribution in [3.63, 3.8) is 0 Å². The fraction of sp³-hybridized carbons (Fsp3) is 0.138. The van der Waals surface area contributed by atoms with Crippen LogP contribution in [-0.2, 0) is 5.54 Å². The van der Waals surface area contributed by atoms with Crippen LogP contribution in [-0.4, -0.2) is 21.2 Å². The Morgan fingerprint density at radius 1 is 0.667 bits per heavy atom. The summed E-state index contributed by atoms with van der Waals surface area (Å²) < 4.78 is 4.69. The molecule has 0 fully saturated rings. The van der Waals surface area contributed by atoms with E-state index in [1.165, 1.54) is 38.7 Å². The molecule has 1 aliphatic rings. The smallest absolute Gasteiger partial charge is 0.211 e. The van der Waals surface area contributed by atoms with Crippen molar-refractivity contribution in [2.45, 2.75) is 19.4 Å². The summed E-state index contributed by atoms with van der Waals surface area (Å²) in [5.74, 6) is 0.985. The van der Waals surface area contributed by atoms with Gasteiger partial charge in [0.05, 0.1) is 33.3 Å². The molecule has 3 heterocycles. The van der Waals surface area contributed by atoms with E-state index < -0.39 is 0 Å². The summed E-state index contributed by atoms with van der Waals surface area (Å²) >= 11 is 0. The maximum absolute atomic E-state index is 4.97. The Balaban J connectivity index is 1.56. The Bertz CT molecular complexity index is 1660. The van der Waals surface area contributed by atoms with Crippen LogP contribution >= 0.6 is 0 Å². The standard InChI is InChI=1S/C29H24N4/c1-29(2)22-18-19(32-24-13-7-4-10-20(24)21-11-5-8-14-25(21)32)16-17-26(22)33-27-15-9-6-12-23(27)30-28(33)31(29)3/h4-18H,1-3H3. The van der Waals surface area contributed by atoms with Gasteiger partial charge in [-0.1, -0.05) is 48.5 Å². The van der Waals surface area contributed by atoms with E-state index in [9.17, 15) is 0 Å². The first kappa shape index (κ1) is 18.5. The zero-order valence-corrected chi connectivity index (χ0v) is 18.9. The average Bonchev–Trinajstić information content (AvgIpc) is 3.39. The van der Waals surface area contributed by atoms with Crippen molar-refractivity contribution in [2.75, 3.05) is 11.9 Å². The van der Waals surface area contributed by atoms with E-state index >= 15 is 0 Å². The van der Waals surface area contributed by atoms with Gasteiger partial charge in [-0.05, 0) is 56.3 Å². The highest BCUT2D eigenvalue weighted by Gasteiger charge is 2.37. The Kier molecular flexibility index (Phi) is 3.51. The molecular weight excluding hydrogens is 404 g/mol. The molecule has 0 bridgehead atoms. The van der Waals surface area contributed by atoms with Crippen LogP contribution in [0, 0.1) is 0 Å². The van der Waals surface area contributed by atoms with E-state index in [0.717, 1.165) is 17.0 Å². The number of hydrogen-bond acceptors (Lipinski definition) is 2. The van der Waals surface area contributed by atoms with E-state index in [-0.39, 0.29) is 5.54 Å². The van der Waals surface area contributed by atoms with E-state index in [1.807, 2.05) is 0 Å². The Morgan fingerprint density at radius 3 is 1.97 bits per heavy atom. The minimum Gasteiger partial charge on any atom is -0.336 e. The lowest BCUT2D eigenvalue weighted by molar-refractivity contribution is 0.486. The second-order valence-corrected chi connectivity index (χ2v) is 9.43. The molecule has 6 aromatic rings. The maximum Gasteiger partial charge on any atom is 0.211 e. The molecule has 0 spiro atoms. The van der Waals surface area contributed by atoms with Crippen molar-refractivity contribution in [2.24, 2.45) is 0 Å². The quantitative estimate of drug-likeness (QED) is 0.288. The summed E-state index contributed by atoms with van der Waals surface area (Å²) in [6.45, 7) is 4.56. The van der Waals surface area contributed by atoms with E-state index in [4.69, 9.17) is 4.98 Å². The summed E-state index contributed by atoms with van der Waals surface area (Å²) in [7, 11) is 2.15. The summed E-state index contributed by atoms with van der Waals surface area (Å²) in [5.41, 5.74) is 8.09. The second kappa shape index (κ2) is 6.26. The number of benzene rings is 4. The van der Waals surface area contributed by atoms with Gasteiger partial charge < -0.3 is 9.47 Å². The molecular formula is C29H24N4. The van der Waals surface area contributed by atoms with Crippen molar-refractivity contribution in [3.8, 4) is 11.4 Å². The SMILES string of the molecule is CN1c2nc3ccccc3n2-c2ccc(-n3c4ccccc4c4ccccc43)cc2C1(C)C. The highest BCUT2D eigenvalue weighted by Crippen LogP contribution is 2.44. The first-order valence-corrected chi connectivity index (χ1v) is 11.4. The molecule has 0 aliphatic carbocycles. The number of anilines is 1. The molecule has 0 N–H and O–H groups in total. The van der Waals surface area contributed by atoms with Gasteiger partial charge in [0, 0.05) is 29.1 Å². The van der Waals surface area contributed by atoms with Crippen molar-refractivity contribution in [1.29, 1.82) is 0 Å².